The summed E-state index contributed by atoms with van der Waals surface area (Å²) >= 11 is 1.61. The Morgan fingerprint density at radius 3 is 2.85 bits per heavy atom. The number of nitro groups is 1. The number of aromatic nitrogens is 1. The molecule has 0 N–H and O–H groups in total. The molecule has 4 rings (SSSR count). The van der Waals surface area contributed by atoms with E-state index in [1.54, 1.807) is 30.4 Å². The van der Waals surface area contributed by atoms with Gasteiger partial charge in [0, 0.05) is 23.7 Å². The fourth-order valence-corrected chi connectivity index (χ4v) is 4.62. The highest BCUT2D eigenvalue weighted by Crippen LogP contribution is 2.37. The third-order valence-electron chi connectivity index (χ3n) is 4.84. The highest BCUT2D eigenvalue weighted by Gasteiger charge is 2.34. The van der Waals surface area contributed by atoms with Gasteiger partial charge in [-0.1, -0.05) is 18.2 Å². The summed E-state index contributed by atoms with van der Waals surface area (Å²) in [6.07, 6.45) is 1.76. The summed E-state index contributed by atoms with van der Waals surface area (Å²) < 4.78 is 1.10. The summed E-state index contributed by atoms with van der Waals surface area (Å²) in [4.78, 5) is 30.4. The number of para-hydroxylation sites is 1. The maximum absolute atomic E-state index is 13.1. The number of thiazole rings is 1. The minimum absolute atomic E-state index is 0.0217. The molecule has 132 valence electrons. The number of benzene rings is 2. The highest BCUT2D eigenvalue weighted by atomic mass is 32.1. The Labute approximate surface area is 154 Å². The lowest BCUT2D eigenvalue weighted by molar-refractivity contribution is -0.385. The lowest BCUT2D eigenvalue weighted by atomic mass is 10.1. The van der Waals surface area contributed by atoms with Crippen molar-refractivity contribution in [2.45, 2.75) is 25.8 Å². The number of likely N-dealkylation sites (tertiary alicyclic amines) is 1. The third kappa shape index (κ3) is 2.74. The molecule has 0 aliphatic carbocycles. The minimum atomic E-state index is -0.443. The summed E-state index contributed by atoms with van der Waals surface area (Å²) in [7, 11) is 0. The molecule has 1 atom stereocenters. The molecule has 2 heterocycles. The van der Waals surface area contributed by atoms with Crippen LogP contribution in [0.1, 0.15) is 39.8 Å². The average Bonchev–Trinajstić information content (AvgIpc) is 3.27. The number of amides is 1. The van der Waals surface area contributed by atoms with Crippen molar-refractivity contribution in [3.05, 3.63) is 68.7 Å². The van der Waals surface area contributed by atoms with Crippen molar-refractivity contribution < 1.29 is 9.72 Å². The molecule has 6 nitrogen and oxygen atoms in total. The molecule has 1 aromatic heterocycles. The molecule has 26 heavy (non-hydrogen) atoms. The monoisotopic (exact) mass is 367 g/mol. The molecule has 0 saturated carbocycles. The van der Waals surface area contributed by atoms with E-state index in [0.717, 1.165) is 28.1 Å². The van der Waals surface area contributed by atoms with Gasteiger partial charge in [0.05, 0.1) is 21.2 Å². The van der Waals surface area contributed by atoms with Gasteiger partial charge in [-0.3, -0.25) is 14.9 Å². The van der Waals surface area contributed by atoms with Crippen molar-refractivity contribution in [1.82, 2.24) is 9.88 Å². The Hall–Kier alpha value is -2.80. The maximum atomic E-state index is 13.1. The van der Waals surface area contributed by atoms with E-state index in [0.29, 0.717) is 17.7 Å². The van der Waals surface area contributed by atoms with Crippen LogP contribution in [0.25, 0.3) is 10.2 Å². The van der Waals surface area contributed by atoms with Crippen LogP contribution < -0.4 is 0 Å². The van der Waals surface area contributed by atoms with Gasteiger partial charge in [-0.15, -0.1) is 11.3 Å². The maximum Gasteiger partial charge on any atom is 0.273 e. The predicted octanol–water partition coefficient (Wildman–Crippen LogP) is 4.49. The van der Waals surface area contributed by atoms with Crippen molar-refractivity contribution in [2.24, 2.45) is 0 Å². The normalized spacial score (nSPS) is 17.0. The molecule has 1 saturated heterocycles. The zero-order valence-electron chi connectivity index (χ0n) is 14.2. The van der Waals surface area contributed by atoms with Crippen LogP contribution in [0.5, 0.6) is 0 Å². The van der Waals surface area contributed by atoms with E-state index in [9.17, 15) is 14.9 Å². The molecule has 0 unspecified atom stereocenters. The summed E-state index contributed by atoms with van der Waals surface area (Å²) in [6, 6.07) is 12.5. The van der Waals surface area contributed by atoms with Crippen LogP contribution in [0.2, 0.25) is 0 Å². The van der Waals surface area contributed by atoms with Gasteiger partial charge in [0.1, 0.15) is 5.01 Å². The number of nitrogens with zero attached hydrogens (tertiary/aromatic N) is 3. The van der Waals surface area contributed by atoms with Gasteiger partial charge in [0.2, 0.25) is 0 Å². The van der Waals surface area contributed by atoms with Crippen molar-refractivity contribution in [3.8, 4) is 0 Å². The van der Waals surface area contributed by atoms with E-state index >= 15 is 0 Å². The van der Waals surface area contributed by atoms with Gasteiger partial charge in [-0.05, 0) is 38.0 Å². The summed E-state index contributed by atoms with van der Waals surface area (Å²) in [5.74, 6) is -0.159. The Balaban J connectivity index is 1.69. The lowest BCUT2D eigenvalue weighted by Crippen LogP contribution is -2.31. The SMILES string of the molecule is Cc1c(C(=O)N2CCC[C@H]2c2nc3ccccc3s2)cccc1[N+](=O)[O-]. The molecule has 3 aromatic rings. The zero-order chi connectivity index (χ0) is 18.3. The van der Waals surface area contributed by atoms with E-state index < -0.39 is 4.92 Å². The number of fused-ring (bicyclic) bond motifs is 1. The van der Waals surface area contributed by atoms with E-state index in [4.69, 9.17) is 4.98 Å². The number of carbonyl (C=O) groups excluding carboxylic acids is 1. The van der Waals surface area contributed by atoms with Crippen LogP contribution in [0.3, 0.4) is 0 Å². The number of rotatable bonds is 3. The van der Waals surface area contributed by atoms with Gasteiger partial charge < -0.3 is 4.90 Å². The van der Waals surface area contributed by atoms with Crippen molar-refractivity contribution in [1.29, 1.82) is 0 Å². The first-order chi connectivity index (χ1) is 12.6. The second-order valence-corrected chi connectivity index (χ2v) is 7.45. The predicted molar refractivity (Wildman–Crippen MR) is 100 cm³/mol. The van der Waals surface area contributed by atoms with E-state index in [2.05, 4.69) is 0 Å². The number of hydrogen-bond donors (Lipinski definition) is 0. The topological polar surface area (TPSA) is 76.3 Å². The van der Waals surface area contributed by atoms with Crippen LogP contribution in [0, 0.1) is 17.0 Å². The van der Waals surface area contributed by atoms with Gasteiger partial charge in [-0.2, -0.15) is 0 Å². The quantitative estimate of drug-likeness (QED) is 0.505. The number of carbonyl (C=O) groups is 1. The highest BCUT2D eigenvalue weighted by molar-refractivity contribution is 7.18. The smallest absolute Gasteiger partial charge is 0.273 e. The average molecular weight is 367 g/mol. The van der Waals surface area contributed by atoms with Crippen LogP contribution in [-0.4, -0.2) is 27.3 Å². The Bertz CT molecular complexity index is 981. The first-order valence-electron chi connectivity index (χ1n) is 8.46. The summed E-state index contributed by atoms with van der Waals surface area (Å²) in [6.45, 7) is 2.27. The molecule has 0 spiro atoms. The molecule has 0 bridgehead atoms. The van der Waals surface area contributed by atoms with E-state index in [-0.39, 0.29) is 17.6 Å². The molecule has 2 aromatic carbocycles. The molecular formula is C19H17N3O3S. The fourth-order valence-electron chi connectivity index (χ4n) is 3.51. The number of hydrogen-bond acceptors (Lipinski definition) is 5. The van der Waals surface area contributed by atoms with Crippen molar-refractivity contribution in [3.63, 3.8) is 0 Å². The second kappa shape index (κ2) is 6.49. The minimum Gasteiger partial charge on any atom is -0.329 e. The molecular weight excluding hydrogens is 350 g/mol. The Morgan fingerprint density at radius 1 is 1.27 bits per heavy atom. The van der Waals surface area contributed by atoms with Crippen LogP contribution in [0.4, 0.5) is 5.69 Å². The van der Waals surface area contributed by atoms with E-state index in [1.807, 2.05) is 29.2 Å². The van der Waals surface area contributed by atoms with Gasteiger partial charge in [0.15, 0.2) is 0 Å². The van der Waals surface area contributed by atoms with Crippen molar-refractivity contribution >= 4 is 33.1 Å². The molecule has 0 radical (unpaired) electrons. The second-order valence-electron chi connectivity index (χ2n) is 6.38. The largest absolute Gasteiger partial charge is 0.329 e. The standard InChI is InChI=1S/C19H17N3O3S/c1-12-13(6-4-8-15(12)22(24)25)19(23)21-11-5-9-16(21)18-20-14-7-2-3-10-17(14)26-18/h2-4,6-8,10,16H,5,9,11H2,1H3/t16-/m0/s1. The van der Waals surface area contributed by atoms with Crippen LogP contribution in [0.15, 0.2) is 42.5 Å². The lowest BCUT2D eigenvalue weighted by Gasteiger charge is -2.23. The molecule has 1 amide bonds. The fraction of sp³-hybridized carbons (Fsp3) is 0.263. The summed E-state index contributed by atoms with van der Waals surface area (Å²) in [5, 5.41) is 12.1. The first-order valence-corrected chi connectivity index (χ1v) is 9.28. The van der Waals surface area contributed by atoms with Gasteiger partial charge >= 0.3 is 0 Å². The molecule has 7 heteroatoms. The van der Waals surface area contributed by atoms with Crippen LogP contribution in [-0.2, 0) is 0 Å². The van der Waals surface area contributed by atoms with E-state index in [1.165, 1.54) is 6.07 Å². The Kier molecular flexibility index (Phi) is 4.16. The molecule has 1 fully saturated rings. The molecule has 1 aliphatic rings. The summed E-state index contributed by atoms with van der Waals surface area (Å²) in [5.41, 5.74) is 1.73. The third-order valence-corrected chi connectivity index (χ3v) is 5.98. The zero-order valence-corrected chi connectivity index (χ0v) is 15.0. The van der Waals surface area contributed by atoms with Gasteiger partial charge in [-0.25, -0.2) is 4.98 Å². The van der Waals surface area contributed by atoms with Crippen LogP contribution >= 0.6 is 11.3 Å². The number of nitro benzene ring substituents is 1. The van der Waals surface area contributed by atoms with Crippen molar-refractivity contribution in [2.75, 3.05) is 6.54 Å². The Morgan fingerprint density at radius 2 is 2.08 bits per heavy atom. The van der Waals surface area contributed by atoms with Gasteiger partial charge in [0.25, 0.3) is 11.6 Å². The molecule has 1 aliphatic heterocycles. The first kappa shape index (κ1) is 16.7.